The quantitative estimate of drug-likeness (QED) is 0.554. The maximum Gasteiger partial charge on any atom is 0.334 e. The Morgan fingerprint density at radius 2 is 1.88 bits per heavy atom. The molecule has 0 saturated heterocycles. The van der Waals surface area contributed by atoms with Crippen LogP contribution in [0.25, 0.3) is 0 Å². The minimum absolute atomic E-state index is 0.225. The lowest BCUT2D eigenvalue weighted by Crippen LogP contribution is -2.31. The number of esters is 1. The van der Waals surface area contributed by atoms with E-state index < -0.39 is 12.0 Å². The van der Waals surface area contributed by atoms with Crippen LogP contribution in [0.15, 0.2) is 66.7 Å². The fourth-order valence-electron chi connectivity index (χ4n) is 2.52. The first kappa shape index (κ1) is 18.7. The molecule has 0 heterocycles. The number of hydrogen-bond donors (Lipinski definition) is 0. The fourth-order valence-corrected chi connectivity index (χ4v) is 2.65. The van der Waals surface area contributed by atoms with Crippen molar-refractivity contribution in [1.29, 1.82) is 5.26 Å². The van der Waals surface area contributed by atoms with Gasteiger partial charge in [0.2, 0.25) is 0 Å². The summed E-state index contributed by atoms with van der Waals surface area (Å²) in [4.78, 5) is 13.6. The number of methoxy groups -OCH3 is 1. The number of carbonyl (C=O) groups excluding carboxylic acids is 1. The van der Waals surface area contributed by atoms with Gasteiger partial charge < -0.3 is 4.74 Å². The van der Waals surface area contributed by atoms with Crippen molar-refractivity contribution in [2.24, 2.45) is 0 Å². The van der Waals surface area contributed by atoms with E-state index in [2.05, 4.69) is 12.6 Å². The lowest BCUT2D eigenvalue weighted by molar-refractivity contribution is -0.136. The van der Waals surface area contributed by atoms with E-state index in [1.807, 2.05) is 47.4 Å². The Bertz CT molecular complexity index is 767. The van der Waals surface area contributed by atoms with Gasteiger partial charge in [0, 0.05) is 23.7 Å². The summed E-state index contributed by atoms with van der Waals surface area (Å²) in [5, 5.41) is 10.3. The molecule has 2 aromatic carbocycles. The molecule has 25 heavy (non-hydrogen) atoms. The molecule has 0 aliphatic rings. The van der Waals surface area contributed by atoms with Gasteiger partial charge in [0.1, 0.15) is 6.04 Å². The lowest BCUT2D eigenvalue weighted by atomic mass is 10.0. The third kappa shape index (κ3) is 5.18. The second-order valence-corrected chi connectivity index (χ2v) is 6.01. The van der Waals surface area contributed by atoms with Crippen LogP contribution in [0.4, 0.5) is 0 Å². The van der Waals surface area contributed by atoms with E-state index in [-0.39, 0.29) is 6.54 Å². The van der Waals surface area contributed by atoms with Crippen LogP contribution in [-0.2, 0) is 16.1 Å². The highest BCUT2D eigenvalue weighted by Gasteiger charge is 2.23. The monoisotopic (exact) mass is 354 g/mol. The summed E-state index contributed by atoms with van der Waals surface area (Å²) in [7, 11) is 1.32. The Morgan fingerprint density at radius 3 is 2.44 bits per heavy atom. The van der Waals surface area contributed by atoms with E-state index in [1.165, 1.54) is 7.11 Å². The van der Waals surface area contributed by atoms with Crippen LogP contribution in [0.3, 0.4) is 0 Å². The zero-order chi connectivity index (χ0) is 18.2. The van der Waals surface area contributed by atoms with Crippen molar-refractivity contribution < 1.29 is 9.53 Å². The van der Waals surface area contributed by atoms with Crippen molar-refractivity contribution in [1.82, 2.24) is 4.90 Å². The summed E-state index contributed by atoms with van der Waals surface area (Å²) in [5.74, 6) is -0.481. The number of benzene rings is 2. The molecular weight excluding hydrogens is 336 g/mol. The molecule has 1 unspecified atom stereocenters. The number of halogens is 1. The molecule has 2 aromatic rings. The van der Waals surface area contributed by atoms with Crippen molar-refractivity contribution >= 4 is 17.6 Å². The van der Waals surface area contributed by atoms with Crippen LogP contribution in [0, 0.1) is 11.3 Å². The molecule has 0 bridgehead atoms. The van der Waals surface area contributed by atoms with E-state index in [0.717, 1.165) is 11.1 Å². The maximum atomic E-state index is 11.7. The predicted octanol–water partition coefficient (Wildman–Crippen LogP) is 4.14. The van der Waals surface area contributed by atoms with Gasteiger partial charge in [-0.2, -0.15) is 5.26 Å². The van der Waals surface area contributed by atoms with Gasteiger partial charge in [-0.3, -0.25) is 4.90 Å². The average molecular weight is 355 g/mol. The Hall–Kier alpha value is -2.61. The van der Waals surface area contributed by atoms with Crippen molar-refractivity contribution in [3.05, 3.63) is 82.9 Å². The first-order valence-corrected chi connectivity index (χ1v) is 8.12. The van der Waals surface area contributed by atoms with E-state index in [0.29, 0.717) is 17.1 Å². The normalized spacial score (nSPS) is 11.6. The number of nitrogens with zero attached hydrogens (tertiary/aromatic N) is 2. The molecule has 5 heteroatoms. The Morgan fingerprint density at radius 1 is 1.24 bits per heavy atom. The summed E-state index contributed by atoms with van der Waals surface area (Å²) >= 11 is 5.94. The summed E-state index contributed by atoms with van der Waals surface area (Å²) in [6.07, 6.45) is 0. The molecule has 0 spiro atoms. The lowest BCUT2D eigenvalue weighted by Gasteiger charge is -2.28. The van der Waals surface area contributed by atoms with Gasteiger partial charge in [0.05, 0.1) is 13.2 Å². The van der Waals surface area contributed by atoms with Crippen LogP contribution in [0.1, 0.15) is 17.2 Å². The van der Waals surface area contributed by atoms with Crippen molar-refractivity contribution in [2.45, 2.75) is 12.6 Å². The molecule has 0 radical (unpaired) electrons. The fraction of sp³-hybridized carbons (Fsp3) is 0.200. The molecule has 0 saturated carbocycles. The van der Waals surface area contributed by atoms with Crippen LogP contribution >= 0.6 is 11.6 Å². The van der Waals surface area contributed by atoms with Crippen LogP contribution in [-0.4, -0.2) is 24.5 Å². The highest BCUT2D eigenvalue weighted by atomic mass is 35.5. The zero-order valence-electron chi connectivity index (χ0n) is 14.0. The average Bonchev–Trinajstić information content (AvgIpc) is 2.63. The minimum Gasteiger partial charge on any atom is -0.466 e. The van der Waals surface area contributed by atoms with Crippen LogP contribution < -0.4 is 0 Å². The Labute approximate surface area is 152 Å². The van der Waals surface area contributed by atoms with Crippen LogP contribution in [0.5, 0.6) is 0 Å². The predicted molar refractivity (Wildman–Crippen MR) is 97.8 cm³/mol. The molecule has 0 aliphatic carbocycles. The second kappa shape index (κ2) is 9.03. The molecule has 0 aromatic heterocycles. The van der Waals surface area contributed by atoms with Gasteiger partial charge in [-0.15, -0.1) is 0 Å². The molecule has 1 atom stereocenters. The third-order valence-corrected chi connectivity index (χ3v) is 4.02. The zero-order valence-corrected chi connectivity index (χ0v) is 14.7. The number of rotatable bonds is 7. The van der Waals surface area contributed by atoms with Crippen molar-refractivity contribution in [3.63, 3.8) is 0 Å². The summed E-state index contributed by atoms with van der Waals surface area (Å²) in [5.41, 5.74) is 2.14. The molecule has 0 fully saturated rings. The summed E-state index contributed by atoms with van der Waals surface area (Å²) in [6.45, 7) is 4.51. The topological polar surface area (TPSA) is 53.3 Å². The number of hydrogen-bond acceptors (Lipinski definition) is 4. The third-order valence-electron chi connectivity index (χ3n) is 3.77. The van der Waals surface area contributed by atoms with E-state index >= 15 is 0 Å². The van der Waals surface area contributed by atoms with Gasteiger partial charge in [-0.25, -0.2) is 4.79 Å². The second-order valence-electron chi connectivity index (χ2n) is 5.57. The first-order valence-electron chi connectivity index (χ1n) is 7.74. The standard InChI is InChI=1S/C20H19ClN2O2/c1-15(20(24)25-2)13-23(14-16-6-4-3-5-7-16)19(12-22)17-8-10-18(21)11-9-17/h3-11,19H,1,13-14H2,2H3. The van der Waals surface area contributed by atoms with Gasteiger partial charge >= 0.3 is 5.97 Å². The smallest absolute Gasteiger partial charge is 0.334 e. The van der Waals surface area contributed by atoms with E-state index in [9.17, 15) is 10.1 Å². The number of nitriles is 1. The van der Waals surface area contributed by atoms with Gasteiger partial charge in [-0.05, 0) is 23.3 Å². The molecule has 0 aliphatic heterocycles. The molecule has 128 valence electrons. The van der Waals surface area contributed by atoms with Crippen LogP contribution in [0.2, 0.25) is 5.02 Å². The first-order chi connectivity index (χ1) is 12.0. The highest BCUT2D eigenvalue weighted by Crippen LogP contribution is 2.25. The molecule has 2 rings (SSSR count). The minimum atomic E-state index is -0.543. The van der Waals surface area contributed by atoms with E-state index in [1.54, 1.807) is 12.1 Å². The van der Waals surface area contributed by atoms with Gasteiger partial charge in [-0.1, -0.05) is 60.6 Å². The van der Waals surface area contributed by atoms with E-state index in [4.69, 9.17) is 16.3 Å². The molecule has 4 nitrogen and oxygen atoms in total. The van der Waals surface area contributed by atoms with Crippen molar-refractivity contribution in [3.8, 4) is 6.07 Å². The molecule has 0 amide bonds. The van der Waals surface area contributed by atoms with Gasteiger partial charge in [0.25, 0.3) is 0 Å². The van der Waals surface area contributed by atoms with Crippen molar-refractivity contribution in [2.75, 3.05) is 13.7 Å². The van der Waals surface area contributed by atoms with Gasteiger partial charge in [0.15, 0.2) is 0 Å². The Balaban J connectivity index is 2.30. The SMILES string of the molecule is C=C(CN(Cc1ccccc1)C(C#N)c1ccc(Cl)cc1)C(=O)OC. The molecule has 0 N–H and O–H groups in total. The summed E-state index contributed by atoms with van der Waals surface area (Å²) in [6, 6.07) is 18.6. The maximum absolute atomic E-state index is 11.7. The molecular formula is C20H19ClN2O2. The number of carbonyl (C=O) groups is 1. The Kier molecular flexibility index (Phi) is 6.76. The highest BCUT2D eigenvalue weighted by molar-refractivity contribution is 6.30. The largest absolute Gasteiger partial charge is 0.466 e. The number of ether oxygens (including phenoxy) is 1. The summed E-state index contributed by atoms with van der Waals surface area (Å²) < 4.78 is 4.73.